The van der Waals surface area contributed by atoms with E-state index >= 15 is 0 Å². The molecule has 13 heteroatoms. The van der Waals surface area contributed by atoms with Gasteiger partial charge in [-0.25, -0.2) is 4.21 Å². The molecule has 3 amide bonds. The van der Waals surface area contributed by atoms with Crippen molar-refractivity contribution >= 4 is 44.9 Å². The average Bonchev–Trinajstić information content (AvgIpc) is 3.51. The summed E-state index contributed by atoms with van der Waals surface area (Å²) in [4.78, 5) is 44.0. The highest BCUT2D eigenvalue weighted by Gasteiger charge is 2.44. The van der Waals surface area contributed by atoms with Crippen LogP contribution in [0.5, 0.6) is 5.75 Å². The van der Waals surface area contributed by atoms with Gasteiger partial charge in [-0.15, -0.1) is 4.36 Å². The molecule has 3 aromatic rings. The van der Waals surface area contributed by atoms with Crippen LogP contribution in [0.15, 0.2) is 65.2 Å². The summed E-state index contributed by atoms with van der Waals surface area (Å²) in [6.07, 6.45) is 11.5. The minimum Gasteiger partial charge on any atom is -0.490 e. The molecule has 3 aliphatic heterocycles. The van der Waals surface area contributed by atoms with E-state index in [1.807, 2.05) is 29.7 Å². The van der Waals surface area contributed by atoms with Gasteiger partial charge in [0.2, 0.25) is 5.91 Å². The molecule has 1 saturated carbocycles. The zero-order chi connectivity index (χ0) is 38.5. The smallest absolute Gasteiger partial charge is 0.286 e. The summed E-state index contributed by atoms with van der Waals surface area (Å²) in [6, 6.07) is 13.3. The number of hydrogen-bond donors (Lipinski definition) is 1. The quantitative estimate of drug-likeness (QED) is 0.298. The van der Waals surface area contributed by atoms with E-state index in [2.05, 4.69) is 38.3 Å². The summed E-state index contributed by atoms with van der Waals surface area (Å²) in [7, 11) is -1.82. The fraction of sp³-hybridized carbons (Fsp3) is 0.500. The minimum atomic E-state index is -3.58. The number of halogens is 1. The lowest BCUT2D eigenvalue weighted by atomic mass is 9.68. The van der Waals surface area contributed by atoms with Gasteiger partial charge < -0.3 is 23.8 Å². The van der Waals surface area contributed by atoms with Crippen molar-refractivity contribution in [3.05, 3.63) is 93.8 Å². The monoisotopic (exact) mass is 787 g/mol. The fourth-order valence-electron chi connectivity index (χ4n) is 9.36. The standard InChI is InChI=1S/C42H50ClN5O6S/c1-27-6-4-8-38(53-3)35-12-9-31(35)21-48-25-42(15-5-7-29-18-33(43)11-13-36(29)42)26-54-39-14-10-30(20-37(39)48)40(50)44-55(52,24-27)45-41(51)32-19-34-23-46(28(2)49)16-17-47(34)22-32/h4,8,10-11,13-14,18-20,22,27,31,35,38H,5-7,9,12,15-17,21,23-26H2,1-3H3,(H,44,45,50,51,52)/b8-4+/t27-,31-,35+,38-,42-,55-/m0/s1. The van der Waals surface area contributed by atoms with E-state index in [1.165, 1.54) is 18.1 Å². The normalized spacial score (nSPS) is 29.7. The van der Waals surface area contributed by atoms with Crippen molar-refractivity contribution in [3.8, 4) is 5.75 Å². The van der Waals surface area contributed by atoms with Gasteiger partial charge in [-0.05, 0) is 104 Å². The molecule has 1 fully saturated rings. The van der Waals surface area contributed by atoms with E-state index in [0.717, 1.165) is 55.1 Å². The van der Waals surface area contributed by atoms with Crippen LogP contribution in [0.25, 0.3) is 0 Å². The molecule has 0 radical (unpaired) electrons. The van der Waals surface area contributed by atoms with Gasteiger partial charge in [-0.1, -0.05) is 36.7 Å². The van der Waals surface area contributed by atoms with E-state index in [1.54, 1.807) is 30.3 Å². The largest absolute Gasteiger partial charge is 0.490 e. The number of ether oxygens (including phenoxy) is 2. The van der Waals surface area contributed by atoms with Crippen LogP contribution >= 0.6 is 11.6 Å². The molecule has 4 heterocycles. The molecule has 1 spiro atoms. The first kappa shape index (κ1) is 37.8. The van der Waals surface area contributed by atoms with E-state index in [9.17, 15) is 18.6 Å². The summed E-state index contributed by atoms with van der Waals surface area (Å²) in [6.45, 7) is 6.92. The van der Waals surface area contributed by atoms with Gasteiger partial charge in [0.15, 0.2) is 0 Å². The van der Waals surface area contributed by atoms with Crippen molar-refractivity contribution < 1.29 is 28.1 Å². The Kier molecular flexibility index (Phi) is 10.4. The molecule has 5 aliphatic rings. The number of allylic oxidation sites excluding steroid dienone is 1. The predicted molar refractivity (Wildman–Crippen MR) is 213 cm³/mol. The lowest BCUT2D eigenvalue weighted by Gasteiger charge is -2.46. The number of anilines is 1. The van der Waals surface area contributed by atoms with Crippen LogP contribution < -0.4 is 14.4 Å². The van der Waals surface area contributed by atoms with Gasteiger partial charge in [0.1, 0.15) is 15.7 Å². The number of nitrogens with one attached hydrogen (secondary N) is 1. The second kappa shape index (κ2) is 15.1. The van der Waals surface area contributed by atoms with E-state index in [-0.39, 0.29) is 34.7 Å². The van der Waals surface area contributed by atoms with Crippen LogP contribution in [0.4, 0.5) is 5.69 Å². The third-order valence-electron chi connectivity index (χ3n) is 12.4. The maximum absolute atomic E-state index is 14.8. The number of amides is 3. The van der Waals surface area contributed by atoms with Gasteiger partial charge in [0, 0.05) is 68.1 Å². The number of benzene rings is 2. The molecule has 2 aliphatic carbocycles. The lowest BCUT2D eigenvalue weighted by Crippen LogP contribution is -2.49. The van der Waals surface area contributed by atoms with Gasteiger partial charge in [0.25, 0.3) is 11.8 Å². The third kappa shape index (κ3) is 7.57. The highest BCUT2D eigenvalue weighted by atomic mass is 35.5. The zero-order valence-electron chi connectivity index (χ0n) is 31.8. The molecule has 0 saturated heterocycles. The average molecular weight is 788 g/mol. The Morgan fingerprint density at radius 1 is 1.13 bits per heavy atom. The maximum Gasteiger partial charge on any atom is 0.286 e. The van der Waals surface area contributed by atoms with Gasteiger partial charge in [-0.2, -0.15) is 0 Å². The van der Waals surface area contributed by atoms with Crippen LogP contribution in [-0.2, 0) is 44.4 Å². The molecule has 2 bridgehead atoms. The molecule has 1 N–H and O–H groups in total. The highest BCUT2D eigenvalue weighted by Crippen LogP contribution is 2.47. The fourth-order valence-corrected chi connectivity index (χ4v) is 11.4. The first-order chi connectivity index (χ1) is 26.4. The number of methoxy groups -OCH3 is 1. The van der Waals surface area contributed by atoms with Crippen molar-refractivity contribution in [1.82, 2.24) is 14.2 Å². The van der Waals surface area contributed by atoms with Gasteiger partial charge in [0.05, 0.1) is 36.3 Å². The molecule has 8 rings (SSSR count). The molecule has 2 aromatic carbocycles. The third-order valence-corrected chi connectivity index (χ3v) is 14.6. The van der Waals surface area contributed by atoms with Crippen molar-refractivity contribution in [1.29, 1.82) is 0 Å². The Balaban J connectivity index is 1.16. The second-order valence-electron chi connectivity index (χ2n) is 16.2. The summed E-state index contributed by atoms with van der Waals surface area (Å²) < 4.78 is 36.5. The van der Waals surface area contributed by atoms with Crippen molar-refractivity contribution in [2.45, 2.75) is 77.0 Å². The molecular weight excluding hydrogens is 738 g/mol. The van der Waals surface area contributed by atoms with Crippen molar-refractivity contribution in [3.63, 3.8) is 0 Å². The number of carbonyl (C=O) groups excluding carboxylic acids is 3. The Hall–Kier alpha value is -4.13. The number of aromatic nitrogens is 1. The predicted octanol–water partition coefficient (Wildman–Crippen LogP) is 6.57. The van der Waals surface area contributed by atoms with Crippen LogP contribution in [0.2, 0.25) is 5.02 Å². The molecule has 55 heavy (non-hydrogen) atoms. The van der Waals surface area contributed by atoms with Gasteiger partial charge >= 0.3 is 0 Å². The first-order valence-corrected chi connectivity index (χ1v) is 21.5. The number of rotatable bonds is 3. The Morgan fingerprint density at radius 2 is 1.98 bits per heavy atom. The van der Waals surface area contributed by atoms with Crippen LogP contribution in [0, 0.1) is 17.8 Å². The Labute approximate surface area is 328 Å². The van der Waals surface area contributed by atoms with E-state index < -0.39 is 21.7 Å². The molecule has 1 aromatic heterocycles. The van der Waals surface area contributed by atoms with Crippen molar-refractivity contribution in [2.75, 3.05) is 44.0 Å². The van der Waals surface area contributed by atoms with Crippen LogP contribution in [0.1, 0.15) is 83.5 Å². The number of hydrogen-bond acceptors (Lipinski definition) is 7. The molecular formula is C42H50ClN5O6S. The molecule has 11 nitrogen and oxygen atoms in total. The number of nitrogens with zero attached hydrogens (tertiary/aromatic N) is 4. The second-order valence-corrected chi connectivity index (χ2v) is 18.7. The summed E-state index contributed by atoms with van der Waals surface area (Å²) in [5.74, 6) is -0.0671. The number of fused-ring (bicyclic) bond motifs is 5. The highest BCUT2D eigenvalue weighted by molar-refractivity contribution is 7.92. The lowest BCUT2D eigenvalue weighted by molar-refractivity contribution is -0.130. The SMILES string of the molecule is CO[C@H]1/C=C/C[C@H](C)C[S@@](=O)(NC(=O)c2cc3n(c2)CCN(C(C)=O)C3)=NC(=O)c2ccc3c(c2)N(C[C@@H]2CC[C@H]21)C[C@@]1(CCCc2cc(Cl)ccc21)CO3. The summed E-state index contributed by atoms with van der Waals surface area (Å²) in [5.41, 5.74) is 4.46. The minimum absolute atomic E-state index is 0.0175. The van der Waals surface area contributed by atoms with E-state index in [0.29, 0.717) is 62.4 Å². The van der Waals surface area contributed by atoms with Crippen molar-refractivity contribution in [2.24, 2.45) is 22.1 Å². The van der Waals surface area contributed by atoms with Crippen LogP contribution in [-0.4, -0.2) is 76.6 Å². The van der Waals surface area contributed by atoms with Gasteiger partial charge in [-0.3, -0.25) is 19.1 Å². The molecule has 6 atom stereocenters. The maximum atomic E-state index is 14.8. The zero-order valence-corrected chi connectivity index (χ0v) is 33.4. The number of aryl methyl sites for hydroxylation is 1. The molecule has 0 unspecified atom stereocenters. The van der Waals surface area contributed by atoms with Crippen LogP contribution in [0.3, 0.4) is 0 Å². The Morgan fingerprint density at radius 3 is 2.76 bits per heavy atom. The Bertz CT molecular complexity index is 2180. The first-order valence-electron chi connectivity index (χ1n) is 19.5. The molecule has 292 valence electrons. The summed E-state index contributed by atoms with van der Waals surface area (Å²) >= 11 is 6.47. The topological polar surface area (TPSA) is 123 Å². The van der Waals surface area contributed by atoms with E-state index in [4.69, 9.17) is 21.1 Å². The summed E-state index contributed by atoms with van der Waals surface area (Å²) in [5, 5.41) is 0.734. The number of carbonyl (C=O) groups is 3.